The van der Waals surface area contributed by atoms with Crippen LogP contribution in [0.2, 0.25) is 0 Å². The fourth-order valence-corrected chi connectivity index (χ4v) is 13.9. The number of H-pyrrole nitrogens is 1. The number of aromatic amines is 1. The van der Waals surface area contributed by atoms with Gasteiger partial charge < -0.3 is 34.3 Å². The van der Waals surface area contributed by atoms with Gasteiger partial charge in [-0.2, -0.15) is 4.98 Å². The van der Waals surface area contributed by atoms with Gasteiger partial charge in [0.2, 0.25) is 5.88 Å². The van der Waals surface area contributed by atoms with Crippen LogP contribution in [0, 0.1) is 22.5 Å². The summed E-state index contributed by atoms with van der Waals surface area (Å²) in [4.78, 5) is 46.2. The van der Waals surface area contributed by atoms with Crippen LogP contribution in [0.3, 0.4) is 0 Å². The van der Waals surface area contributed by atoms with Crippen LogP contribution in [0.5, 0.6) is 11.6 Å². The van der Waals surface area contributed by atoms with Crippen molar-refractivity contribution in [2.45, 2.75) is 101 Å². The Labute approximate surface area is 420 Å². The number of rotatable bonds is 11. The molecule has 2 aromatic heterocycles. The molecule has 5 fully saturated rings. The van der Waals surface area contributed by atoms with E-state index in [1.54, 1.807) is 6.07 Å². The summed E-state index contributed by atoms with van der Waals surface area (Å²) in [6, 6.07) is 21.4. The van der Waals surface area contributed by atoms with Crippen LogP contribution in [0.15, 0.2) is 77.8 Å². The van der Waals surface area contributed by atoms with Crippen LogP contribution >= 0.6 is 0 Å². The summed E-state index contributed by atoms with van der Waals surface area (Å²) >= 11 is 0. The average Bonchev–Trinajstić information content (AvgIpc) is 4.16. The van der Waals surface area contributed by atoms with Crippen LogP contribution in [-0.2, 0) is 14.8 Å². The Balaban J connectivity index is 0.812. The van der Waals surface area contributed by atoms with Gasteiger partial charge in [-0.05, 0) is 113 Å². The summed E-state index contributed by atoms with van der Waals surface area (Å²) in [5.74, 6) is -0.488. The van der Waals surface area contributed by atoms with Crippen LogP contribution < -0.4 is 29.3 Å². The lowest BCUT2D eigenvalue weighted by Crippen LogP contribution is -2.55. The number of hydrogen-bond acceptors (Lipinski definition) is 15. The number of benzene rings is 3. The topological polar surface area (TPSA) is 191 Å². The Morgan fingerprint density at radius 2 is 1.76 bits per heavy atom. The predicted molar refractivity (Wildman–Crippen MR) is 274 cm³/mol. The number of nitro groups is 1. The highest BCUT2D eigenvalue weighted by Crippen LogP contribution is 2.55. The molecule has 1 spiro atoms. The molecule has 12 rings (SSSR count). The van der Waals surface area contributed by atoms with Crippen molar-refractivity contribution < 1.29 is 32.3 Å². The molecule has 3 aromatic carbocycles. The van der Waals surface area contributed by atoms with Gasteiger partial charge in [-0.25, -0.2) is 13.1 Å². The molecule has 0 bridgehead atoms. The number of pyridine rings is 1. The number of fused-ring (bicyclic) bond motifs is 4. The zero-order valence-electron chi connectivity index (χ0n) is 41.2. The van der Waals surface area contributed by atoms with Crippen molar-refractivity contribution in [2.24, 2.45) is 5.41 Å². The minimum Gasteiger partial charge on any atom is -0.489 e. The average molecular weight is 1000 g/mol. The zero-order valence-corrected chi connectivity index (χ0v) is 42.0. The quantitative estimate of drug-likeness (QED) is 0.0907. The first-order chi connectivity index (χ1) is 34.8. The molecule has 0 radical (unpaired) electrons. The molecule has 0 unspecified atom stereocenters. The van der Waals surface area contributed by atoms with E-state index in [0.29, 0.717) is 66.2 Å². The summed E-state index contributed by atoms with van der Waals surface area (Å²) in [6.45, 7) is 14.4. The molecule has 4 saturated heterocycles. The van der Waals surface area contributed by atoms with E-state index < -0.39 is 37.5 Å². The number of sulfonamides is 1. The number of amides is 1. The van der Waals surface area contributed by atoms with E-state index in [-0.39, 0.29) is 35.7 Å². The largest absolute Gasteiger partial charge is 0.489 e. The first kappa shape index (κ1) is 47.0. The van der Waals surface area contributed by atoms with Gasteiger partial charge in [0.1, 0.15) is 24.0 Å². The van der Waals surface area contributed by atoms with Gasteiger partial charge in [-0.1, -0.05) is 24.3 Å². The summed E-state index contributed by atoms with van der Waals surface area (Å²) in [6.07, 6.45) is 8.34. The third-order valence-electron chi connectivity index (χ3n) is 16.9. The number of likely N-dealkylation sites (tertiary alicyclic amines) is 1. The van der Waals surface area contributed by atoms with E-state index in [1.807, 2.05) is 35.4 Å². The van der Waals surface area contributed by atoms with Gasteiger partial charge >= 0.3 is 0 Å². The van der Waals surface area contributed by atoms with Crippen molar-refractivity contribution in [3.63, 3.8) is 0 Å². The molecular weight excluding hydrogens is 937 g/mol. The highest BCUT2D eigenvalue weighted by atomic mass is 32.2. The van der Waals surface area contributed by atoms with E-state index in [4.69, 9.17) is 19.2 Å². The Hall–Kier alpha value is -5.99. The maximum atomic E-state index is 14.8. The monoisotopic (exact) mass is 1000 g/mol. The Morgan fingerprint density at radius 3 is 2.54 bits per heavy atom. The van der Waals surface area contributed by atoms with Crippen LogP contribution in [0.25, 0.3) is 11.0 Å². The van der Waals surface area contributed by atoms with Gasteiger partial charge in [-0.15, -0.1) is 0 Å². The molecule has 19 heteroatoms. The molecule has 1 amide bonds. The van der Waals surface area contributed by atoms with Crippen LogP contribution in [-0.4, -0.2) is 146 Å². The molecule has 18 nitrogen and oxygen atoms in total. The fourth-order valence-electron chi connectivity index (χ4n) is 12.8. The minimum atomic E-state index is -4.69. The first-order valence-electron chi connectivity index (χ1n) is 25.8. The van der Waals surface area contributed by atoms with Crippen molar-refractivity contribution in [3.8, 4) is 11.6 Å². The molecule has 1 saturated carbocycles. The van der Waals surface area contributed by atoms with Gasteiger partial charge in [0.05, 0.1) is 46.4 Å². The summed E-state index contributed by atoms with van der Waals surface area (Å²) in [5.41, 5.74) is 5.55. The van der Waals surface area contributed by atoms with Crippen molar-refractivity contribution in [3.05, 3.63) is 99.7 Å². The molecule has 7 aliphatic rings. The normalized spacial score (nSPS) is 24.6. The number of piperidine rings is 1. The third kappa shape index (κ3) is 8.59. The van der Waals surface area contributed by atoms with E-state index in [2.05, 4.69) is 79.7 Å². The number of aryl methyl sites for hydroxylation is 1. The second-order valence-electron chi connectivity index (χ2n) is 21.5. The number of carbonyl (C=O) groups excluding carboxylic acids is 1. The van der Waals surface area contributed by atoms with E-state index in [0.717, 1.165) is 75.8 Å². The standard InChI is InChI=1S/C53H64N10O8S/c1-33(2)59-21-19-58(20-22-59)29-36-30-70-47-26-39(25-44(63(65)66)49(47)55-36)72(67,68)57-51(64)41-11-10-37(24-43(41)62-45-23-35-12-15-54-50(35)56-52(45)71-48-32-69-31-46(48)62)60-17-13-53(14-18-60)27-38(28-53)61-16-6-9-42(61)40-8-5-4-7-34(40)3/h4-5,7-8,10-12,15,23-26,33,36,38,42,46,48,55H,6,9,13-14,16-22,27-32H2,1-3H3,(H,54,56)(H,57,64)/t36-,42-,46+,48+/m0/s1. The molecule has 1 aliphatic carbocycles. The fraction of sp³-hybridized carbons (Fsp3) is 0.509. The number of carbonyl (C=O) groups is 1. The van der Waals surface area contributed by atoms with E-state index >= 15 is 0 Å². The molecule has 72 heavy (non-hydrogen) atoms. The lowest BCUT2D eigenvalue weighted by atomic mass is 9.59. The summed E-state index contributed by atoms with van der Waals surface area (Å²) < 4.78 is 49.5. The number of aromatic nitrogens is 2. The van der Waals surface area contributed by atoms with Crippen molar-refractivity contribution in [1.82, 2.24) is 29.4 Å². The van der Waals surface area contributed by atoms with E-state index in [1.165, 1.54) is 42.9 Å². The molecular formula is C53H64N10O8S. The third-order valence-corrected chi connectivity index (χ3v) is 18.2. The van der Waals surface area contributed by atoms with Gasteiger partial charge in [-0.3, -0.25) is 29.6 Å². The zero-order chi connectivity index (χ0) is 49.5. The van der Waals surface area contributed by atoms with Crippen LogP contribution in [0.1, 0.15) is 79.9 Å². The number of nitro benzene ring substituents is 1. The lowest BCUT2D eigenvalue weighted by molar-refractivity contribution is -0.384. The minimum absolute atomic E-state index is 0.0342. The molecule has 380 valence electrons. The van der Waals surface area contributed by atoms with Crippen molar-refractivity contribution in [2.75, 3.05) is 87.3 Å². The predicted octanol–water partition coefficient (Wildman–Crippen LogP) is 6.98. The maximum Gasteiger partial charge on any atom is 0.297 e. The molecule has 3 N–H and O–H groups in total. The van der Waals surface area contributed by atoms with Crippen LogP contribution in [0.4, 0.5) is 28.4 Å². The number of ether oxygens (including phenoxy) is 3. The van der Waals surface area contributed by atoms with Crippen molar-refractivity contribution in [1.29, 1.82) is 0 Å². The SMILES string of the molecule is Cc1ccccc1[C@@H]1CCCN1C1CC2(CCN(c3ccc(C(=O)NS(=O)(=O)c4cc5c(c([N+](=O)[O-])c4)N[C@@H](CN4CCN(C(C)C)CC4)CO5)c(N4c5cc6cc[nH]c6nc5O[C@@H]5COC[C@H]54)c3)CC2)C1. The summed E-state index contributed by atoms with van der Waals surface area (Å²) in [7, 11) is -4.69. The number of nitrogens with zero attached hydrogens (tertiary/aromatic N) is 7. The number of piperazine rings is 1. The second kappa shape index (κ2) is 18.5. The van der Waals surface area contributed by atoms with Gasteiger partial charge in [0, 0.05) is 93.3 Å². The Morgan fingerprint density at radius 1 is 0.958 bits per heavy atom. The lowest BCUT2D eigenvalue weighted by Gasteiger charge is -2.56. The molecule has 6 aliphatic heterocycles. The molecule has 5 aromatic rings. The smallest absolute Gasteiger partial charge is 0.297 e. The first-order valence-corrected chi connectivity index (χ1v) is 27.3. The highest BCUT2D eigenvalue weighted by molar-refractivity contribution is 7.90. The Kier molecular flexibility index (Phi) is 12.1. The maximum absolute atomic E-state index is 14.8. The second-order valence-corrected chi connectivity index (χ2v) is 23.1. The molecule has 8 heterocycles. The van der Waals surface area contributed by atoms with Crippen molar-refractivity contribution >= 4 is 55.4 Å². The van der Waals surface area contributed by atoms with E-state index in [9.17, 15) is 23.3 Å². The van der Waals surface area contributed by atoms with Gasteiger partial charge in [0.15, 0.2) is 11.4 Å². The number of anilines is 4. The molecule has 4 atom stereocenters. The number of nitrogens with one attached hydrogen (secondary N) is 3. The summed E-state index contributed by atoms with van der Waals surface area (Å²) in [5, 5.41) is 16.7. The Bertz CT molecular complexity index is 3020. The highest BCUT2D eigenvalue weighted by Gasteiger charge is 2.50. The number of hydrogen-bond donors (Lipinski definition) is 3. The van der Waals surface area contributed by atoms with Gasteiger partial charge in [0.25, 0.3) is 21.6 Å².